The number of aromatic nitrogens is 1. The van der Waals surface area contributed by atoms with Crippen LogP contribution >= 0.6 is 0 Å². The predicted molar refractivity (Wildman–Crippen MR) is 103 cm³/mol. The Morgan fingerprint density at radius 2 is 1.62 bits per heavy atom. The zero-order chi connectivity index (χ0) is 18.5. The van der Waals surface area contributed by atoms with Crippen LogP contribution in [0.3, 0.4) is 0 Å². The maximum atomic E-state index is 13.4. The predicted octanol–water partition coefficient (Wildman–Crippen LogP) is 3.11. The minimum Gasteiger partial charge on any atom is -0.300 e. The van der Waals surface area contributed by atoms with Gasteiger partial charge in [0, 0.05) is 24.3 Å². The molecule has 0 amide bonds. The number of sulfonamides is 1. The number of pyridine rings is 1. The van der Waals surface area contributed by atoms with Crippen molar-refractivity contribution in [3.63, 3.8) is 0 Å². The molecule has 4 rings (SSSR count). The van der Waals surface area contributed by atoms with Crippen LogP contribution in [0.1, 0.15) is 56.6 Å². The lowest BCUT2D eigenvalue weighted by Crippen LogP contribution is -2.53. The molecule has 5 nitrogen and oxygen atoms in total. The molecule has 3 aliphatic rings. The molecule has 0 N–H and O–H groups in total. The Kier molecular flexibility index (Phi) is 4.86. The molecule has 144 valence electrons. The fourth-order valence-electron chi connectivity index (χ4n) is 5.26. The van der Waals surface area contributed by atoms with Gasteiger partial charge in [0.2, 0.25) is 0 Å². The second-order valence-electron chi connectivity index (χ2n) is 8.70. The van der Waals surface area contributed by atoms with Gasteiger partial charge in [-0.3, -0.25) is 0 Å². The molecule has 3 saturated heterocycles. The van der Waals surface area contributed by atoms with Crippen molar-refractivity contribution in [2.75, 3.05) is 13.1 Å². The molecule has 3 fully saturated rings. The van der Waals surface area contributed by atoms with E-state index in [1.165, 1.54) is 25.9 Å². The molecule has 2 bridgehead atoms. The summed E-state index contributed by atoms with van der Waals surface area (Å²) in [6.07, 6.45) is 8.18. The van der Waals surface area contributed by atoms with Crippen molar-refractivity contribution < 1.29 is 8.42 Å². The largest absolute Gasteiger partial charge is 0.300 e. The average Bonchev–Trinajstić information content (AvgIpc) is 2.87. The molecular weight excluding hydrogens is 346 g/mol. The summed E-state index contributed by atoms with van der Waals surface area (Å²) in [6.45, 7) is 8.50. The van der Waals surface area contributed by atoms with Crippen LogP contribution < -0.4 is 0 Å². The highest BCUT2D eigenvalue weighted by atomic mass is 32.2. The molecule has 0 radical (unpaired) electrons. The normalized spacial score (nSPS) is 31.4. The van der Waals surface area contributed by atoms with Crippen LogP contribution in [0.2, 0.25) is 0 Å². The zero-order valence-electron chi connectivity index (χ0n) is 16.2. The summed E-state index contributed by atoms with van der Waals surface area (Å²) in [5.41, 5.74) is 1.76. The number of nitrogens with zero attached hydrogens (tertiary/aromatic N) is 3. The van der Waals surface area contributed by atoms with Crippen LogP contribution in [0.4, 0.5) is 0 Å². The van der Waals surface area contributed by atoms with Crippen molar-refractivity contribution in [3.8, 4) is 0 Å². The van der Waals surface area contributed by atoms with Crippen LogP contribution in [0.25, 0.3) is 0 Å². The van der Waals surface area contributed by atoms with Gasteiger partial charge >= 0.3 is 0 Å². The van der Waals surface area contributed by atoms with E-state index in [1.807, 2.05) is 24.2 Å². The summed E-state index contributed by atoms with van der Waals surface area (Å²) in [5.74, 6) is 0.832. The standard InChI is InChI=1S/C20H31N3O2S/c1-14-6-8-22(9-7-14)19-11-17-4-5-18(12-19)23(17)26(24,25)20-16(3)10-15(2)13-21-20/h10,13-14,17-19H,4-9,11-12H2,1-3H3/t17-,18+,19?. The number of likely N-dealkylation sites (tertiary alicyclic amines) is 1. The van der Waals surface area contributed by atoms with Crippen molar-refractivity contribution in [2.24, 2.45) is 5.92 Å². The van der Waals surface area contributed by atoms with Crippen molar-refractivity contribution in [2.45, 2.75) is 82.4 Å². The summed E-state index contributed by atoms with van der Waals surface area (Å²) in [5, 5.41) is 0.255. The first-order valence-corrected chi connectivity index (χ1v) is 11.5. The number of aryl methyl sites for hydroxylation is 2. The summed E-state index contributed by atoms with van der Waals surface area (Å²) >= 11 is 0. The van der Waals surface area contributed by atoms with Crippen LogP contribution in [0.5, 0.6) is 0 Å². The molecule has 0 aliphatic carbocycles. The molecule has 1 unspecified atom stereocenters. The number of hydrogen-bond donors (Lipinski definition) is 0. The van der Waals surface area contributed by atoms with Gasteiger partial charge in [0.25, 0.3) is 10.0 Å². The first kappa shape index (κ1) is 18.4. The highest BCUT2D eigenvalue weighted by Gasteiger charge is 2.49. The molecule has 1 aromatic rings. The number of hydrogen-bond acceptors (Lipinski definition) is 4. The minimum atomic E-state index is -3.50. The smallest absolute Gasteiger partial charge is 0.261 e. The second-order valence-corrected chi connectivity index (χ2v) is 10.5. The molecule has 3 atom stereocenters. The van der Waals surface area contributed by atoms with Gasteiger partial charge in [0.05, 0.1) is 0 Å². The van der Waals surface area contributed by atoms with Crippen LogP contribution in [0.15, 0.2) is 17.3 Å². The number of fused-ring (bicyclic) bond motifs is 2. The first-order chi connectivity index (χ1) is 12.4. The average molecular weight is 378 g/mol. The summed E-state index contributed by atoms with van der Waals surface area (Å²) in [6, 6.07) is 2.76. The Balaban J connectivity index is 1.54. The van der Waals surface area contributed by atoms with Crippen LogP contribution in [-0.2, 0) is 10.0 Å². The Labute approximate surface area is 157 Å². The third-order valence-corrected chi connectivity index (χ3v) is 8.73. The molecule has 0 spiro atoms. The van der Waals surface area contributed by atoms with Gasteiger partial charge in [-0.2, -0.15) is 4.31 Å². The van der Waals surface area contributed by atoms with Crippen LogP contribution in [0, 0.1) is 19.8 Å². The summed E-state index contributed by atoms with van der Waals surface area (Å²) in [4.78, 5) is 6.93. The molecule has 1 aromatic heterocycles. The lowest BCUT2D eigenvalue weighted by Gasteiger charge is -2.44. The summed E-state index contributed by atoms with van der Waals surface area (Å²) < 4.78 is 28.5. The highest BCUT2D eigenvalue weighted by molar-refractivity contribution is 7.89. The Morgan fingerprint density at radius 1 is 1.00 bits per heavy atom. The summed E-state index contributed by atoms with van der Waals surface area (Å²) in [7, 11) is -3.50. The van der Waals surface area contributed by atoms with E-state index in [4.69, 9.17) is 0 Å². The topological polar surface area (TPSA) is 53.5 Å². The van der Waals surface area contributed by atoms with Crippen molar-refractivity contribution >= 4 is 10.0 Å². The van der Waals surface area contributed by atoms with E-state index >= 15 is 0 Å². The Bertz CT molecular complexity index is 757. The van der Waals surface area contributed by atoms with E-state index in [9.17, 15) is 8.42 Å². The first-order valence-electron chi connectivity index (χ1n) is 10.1. The molecule has 6 heteroatoms. The zero-order valence-corrected chi connectivity index (χ0v) is 17.0. The maximum Gasteiger partial charge on any atom is 0.261 e. The lowest BCUT2D eigenvalue weighted by atomic mass is 9.93. The van der Waals surface area contributed by atoms with E-state index in [2.05, 4.69) is 16.8 Å². The van der Waals surface area contributed by atoms with E-state index in [0.717, 1.165) is 42.7 Å². The molecule has 3 aliphatic heterocycles. The maximum absolute atomic E-state index is 13.4. The molecule has 4 heterocycles. The third-order valence-electron chi connectivity index (χ3n) is 6.66. The number of piperidine rings is 2. The minimum absolute atomic E-state index is 0.144. The van der Waals surface area contributed by atoms with Gasteiger partial charge in [0.1, 0.15) is 0 Å². The Morgan fingerprint density at radius 3 is 2.19 bits per heavy atom. The van der Waals surface area contributed by atoms with Crippen molar-refractivity contribution in [1.82, 2.24) is 14.2 Å². The van der Waals surface area contributed by atoms with Gasteiger partial charge in [-0.15, -0.1) is 0 Å². The van der Waals surface area contributed by atoms with E-state index in [1.54, 1.807) is 6.20 Å². The lowest BCUT2D eigenvalue weighted by molar-refractivity contribution is 0.0758. The monoisotopic (exact) mass is 377 g/mol. The van der Waals surface area contributed by atoms with Gasteiger partial charge in [-0.1, -0.05) is 13.0 Å². The van der Waals surface area contributed by atoms with E-state index in [0.29, 0.717) is 6.04 Å². The molecular formula is C20H31N3O2S. The van der Waals surface area contributed by atoms with Crippen LogP contribution in [-0.4, -0.2) is 53.8 Å². The third kappa shape index (κ3) is 3.20. The second kappa shape index (κ2) is 6.88. The van der Waals surface area contributed by atoms with Crippen molar-refractivity contribution in [1.29, 1.82) is 0 Å². The van der Waals surface area contributed by atoms with Gasteiger partial charge < -0.3 is 4.90 Å². The SMILES string of the molecule is Cc1cnc(S(=O)(=O)N2[C@@H]3CC[C@H]2CC(N2CCC(C)CC2)C3)c(C)c1. The molecule has 0 aromatic carbocycles. The number of rotatable bonds is 3. The fraction of sp³-hybridized carbons (Fsp3) is 0.750. The molecule has 0 saturated carbocycles. The quantitative estimate of drug-likeness (QED) is 0.812. The van der Waals surface area contributed by atoms with Gasteiger partial charge in [0.15, 0.2) is 5.03 Å². The fourth-order valence-corrected chi connectivity index (χ4v) is 7.28. The van der Waals surface area contributed by atoms with E-state index < -0.39 is 10.0 Å². The van der Waals surface area contributed by atoms with Gasteiger partial charge in [-0.05, 0) is 82.5 Å². The molecule has 26 heavy (non-hydrogen) atoms. The van der Waals surface area contributed by atoms with E-state index in [-0.39, 0.29) is 17.1 Å². The highest BCUT2D eigenvalue weighted by Crippen LogP contribution is 2.42. The van der Waals surface area contributed by atoms with Crippen molar-refractivity contribution in [3.05, 3.63) is 23.4 Å². The van der Waals surface area contributed by atoms with Gasteiger partial charge in [-0.25, -0.2) is 13.4 Å². The Hall–Kier alpha value is -0.980.